The van der Waals surface area contributed by atoms with Crippen molar-refractivity contribution in [3.63, 3.8) is 0 Å². The average molecular weight is 648 g/mol. The molecule has 1 saturated heterocycles. The Hall–Kier alpha value is -5.43. The number of rotatable bonds is 8. The number of aromatic carboxylic acids is 1. The van der Waals surface area contributed by atoms with E-state index in [1.54, 1.807) is 24.0 Å². The summed E-state index contributed by atoms with van der Waals surface area (Å²) >= 11 is 0. The third kappa shape index (κ3) is 5.74. The summed E-state index contributed by atoms with van der Waals surface area (Å²) in [5.74, 6) is -3.30. The highest BCUT2D eigenvalue weighted by Gasteiger charge is 2.30. The Balaban J connectivity index is 1.15. The van der Waals surface area contributed by atoms with Gasteiger partial charge in [0.05, 0.1) is 16.5 Å². The van der Waals surface area contributed by atoms with Crippen LogP contribution in [0.5, 0.6) is 17.2 Å². The topological polar surface area (TPSA) is 146 Å². The Labute approximate surface area is 266 Å². The smallest absolute Gasteiger partial charge is 0.341 e. The van der Waals surface area contributed by atoms with Crippen molar-refractivity contribution in [3.05, 3.63) is 92.6 Å². The number of nitrogens with zero attached hydrogens (tertiary/aromatic N) is 3. The normalized spacial score (nSPS) is 15.4. The lowest BCUT2D eigenvalue weighted by Gasteiger charge is -2.41. The van der Waals surface area contributed by atoms with E-state index >= 15 is 8.78 Å². The van der Waals surface area contributed by atoms with E-state index in [1.807, 2.05) is 6.92 Å². The van der Waals surface area contributed by atoms with E-state index in [9.17, 15) is 29.7 Å². The number of piperazine rings is 1. The van der Waals surface area contributed by atoms with Gasteiger partial charge < -0.3 is 33.9 Å². The number of fused-ring (bicyclic) bond motifs is 2. The van der Waals surface area contributed by atoms with Crippen LogP contribution < -0.4 is 20.5 Å². The maximum Gasteiger partial charge on any atom is 0.341 e. The molecular weight excluding hydrogens is 616 g/mol. The second-order valence-electron chi connectivity index (χ2n) is 11.4. The minimum atomic E-state index is -1.47. The first-order valence-electron chi connectivity index (χ1n) is 15.0. The summed E-state index contributed by atoms with van der Waals surface area (Å²) in [6.07, 6.45) is 2.37. The van der Waals surface area contributed by atoms with Crippen LogP contribution in [0.1, 0.15) is 24.2 Å². The third-order valence-corrected chi connectivity index (χ3v) is 8.54. The summed E-state index contributed by atoms with van der Waals surface area (Å²) in [5.41, 5.74) is -1.46. The van der Waals surface area contributed by atoms with E-state index < -0.39 is 34.0 Å². The zero-order valence-corrected chi connectivity index (χ0v) is 25.5. The van der Waals surface area contributed by atoms with Crippen molar-refractivity contribution < 1.29 is 38.0 Å². The molecule has 0 bridgehead atoms. The number of hydrogen-bond donors (Lipinski definition) is 3. The van der Waals surface area contributed by atoms with Gasteiger partial charge in [-0.3, -0.25) is 14.5 Å². The van der Waals surface area contributed by atoms with Crippen LogP contribution in [0.25, 0.3) is 33.0 Å². The van der Waals surface area contributed by atoms with E-state index in [4.69, 9.17) is 9.15 Å². The molecular formula is C34H31F2N3O8. The van der Waals surface area contributed by atoms with Crippen molar-refractivity contribution >= 4 is 33.5 Å². The molecule has 11 nitrogen and oxygen atoms in total. The number of carboxylic acids is 1. The van der Waals surface area contributed by atoms with Gasteiger partial charge in [0.15, 0.2) is 5.82 Å². The van der Waals surface area contributed by atoms with Gasteiger partial charge in [0.1, 0.15) is 58.2 Å². The first-order valence-corrected chi connectivity index (χ1v) is 15.0. The fourth-order valence-corrected chi connectivity index (χ4v) is 6.11. The monoisotopic (exact) mass is 647 g/mol. The van der Waals surface area contributed by atoms with Crippen molar-refractivity contribution in [1.82, 2.24) is 9.47 Å². The van der Waals surface area contributed by atoms with Gasteiger partial charge in [-0.1, -0.05) is 12.1 Å². The van der Waals surface area contributed by atoms with Gasteiger partial charge in [0.25, 0.3) is 0 Å². The molecule has 1 atom stereocenters. The van der Waals surface area contributed by atoms with E-state index in [0.717, 1.165) is 12.3 Å². The van der Waals surface area contributed by atoms with Crippen molar-refractivity contribution in [1.29, 1.82) is 0 Å². The predicted molar refractivity (Wildman–Crippen MR) is 171 cm³/mol. The quantitative estimate of drug-likeness (QED) is 0.215. The maximum atomic E-state index is 15.9. The Morgan fingerprint density at radius 2 is 1.81 bits per heavy atom. The molecule has 3 aromatic carbocycles. The first-order chi connectivity index (χ1) is 22.5. The average Bonchev–Trinajstić information content (AvgIpc) is 3.03. The van der Waals surface area contributed by atoms with Crippen LogP contribution in [0.2, 0.25) is 0 Å². The summed E-state index contributed by atoms with van der Waals surface area (Å²) in [4.78, 5) is 41.0. The van der Waals surface area contributed by atoms with Crippen LogP contribution >= 0.6 is 0 Å². The lowest BCUT2D eigenvalue weighted by molar-refractivity contribution is 0.0694. The molecule has 0 radical (unpaired) electrons. The van der Waals surface area contributed by atoms with Crippen molar-refractivity contribution in [2.75, 3.05) is 37.7 Å². The highest BCUT2D eigenvalue weighted by molar-refractivity contribution is 5.94. The molecule has 3 heterocycles. The van der Waals surface area contributed by atoms with Crippen molar-refractivity contribution in [2.45, 2.75) is 26.4 Å². The number of aryl methyl sites for hydroxylation is 1. The zero-order chi connectivity index (χ0) is 33.6. The van der Waals surface area contributed by atoms with Crippen molar-refractivity contribution in [2.24, 2.45) is 0 Å². The molecule has 1 unspecified atom stereocenters. The van der Waals surface area contributed by atoms with E-state index in [0.29, 0.717) is 18.7 Å². The van der Waals surface area contributed by atoms with Gasteiger partial charge in [-0.2, -0.15) is 0 Å². The Bertz CT molecular complexity index is 2150. The number of aromatic nitrogens is 1. The molecule has 1 fully saturated rings. The van der Waals surface area contributed by atoms with Gasteiger partial charge in [-0.15, -0.1) is 0 Å². The molecule has 6 rings (SSSR count). The van der Waals surface area contributed by atoms with Gasteiger partial charge in [-0.25, -0.2) is 13.6 Å². The summed E-state index contributed by atoms with van der Waals surface area (Å²) in [6.45, 7) is 5.40. The summed E-state index contributed by atoms with van der Waals surface area (Å²) in [5, 5.41) is 29.3. The van der Waals surface area contributed by atoms with Gasteiger partial charge in [-0.05, 0) is 37.6 Å². The van der Waals surface area contributed by atoms with Crippen LogP contribution in [0.4, 0.5) is 14.5 Å². The number of benzene rings is 3. The van der Waals surface area contributed by atoms with Crippen molar-refractivity contribution in [3.8, 4) is 28.4 Å². The standard InChI is InChI=1S/C34H31F2N3O8/c1-3-37-16-23(34(44)45)32(42)22-14-25(35)31(29(36)30(22)37)39-9-8-38(18(2)15-39)10-11-46-21-12-26(41)28-27(13-21)47-17-24(33(28)43)19-4-6-20(40)7-5-19/h4-7,12-14,16-18,40-41H,3,8-11,15H2,1-2H3,(H,44,45). The second kappa shape index (κ2) is 12.4. The Morgan fingerprint density at radius 1 is 1.06 bits per heavy atom. The molecule has 1 aliphatic heterocycles. The summed E-state index contributed by atoms with van der Waals surface area (Å²) in [7, 11) is 0. The number of halogens is 2. The highest BCUT2D eigenvalue weighted by Crippen LogP contribution is 2.33. The first kappa shape index (κ1) is 31.5. The second-order valence-corrected chi connectivity index (χ2v) is 11.4. The molecule has 0 amide bonds. The number of phenols is 2. The van der Waals surface area contributed by atoms with Crippen LogP contribution in [0.15, 0.2) is 68.9 Å². The summed E-state index contributed by atoms with van der Waals surface area (Å²) < 4.78 is 44.1. The maximum absolute atomic E-state index is 15.9. The molecule has 5 aromatic rings. The van der Waals surface area contributed by atoms with Gasteiger partial charge >= 0.3 is 5.97 Å². The van der Waals surface area contributed by atoms with Crippen LogP contribution in [0, 0.1) is 11.6 Å². The van der Waals surface area contributed by atoms with Crippen LogP contribution in [0.3, 0.4) is 0 Å². The predicted octanol–water partition coefficient (Wildman–Crippen LogP) is 4.77. The van der Waals surface area contributed by atoms with E-state index in [2.05, 4.69) is 4.90 Å². The fourth-order valence-electron chi connectivity index (χ4n) is 6.11. The lowest BCUT2D eigenvalue weighted by atomic mass is 10.0. The van der Waals surface area contributed by atoms with E-state index in [-0.39, 0.29) is 82.7 Å². The molecule has 13 heteroatoms. The molecule has 0 aliphatic carbocycles. The molecule has 47 heavy (non-hydrogen) atoms. The zero-order valence-electron chi connectivity index (χ0n) is 25.5. The Kier molecular flexibility index (Phi) is 8.32. The third-order valence-electron chi connectivity index (χ3n) is 8.54. The molecule has 0 saturated carbocycles. The minimum Gasteiger partial charge on any atom is -0.508 e. The molecule has 1 aliphatic rings. The number of phenolic OH excluding ortho intramolecular Hbond substituents is 2. The van der Waals surface area contributed by atoms with Crippen LogP contribution in [-0.2, 0) is 6.54 Å². The number of ether oxygens (including phenoxy) is 1. The summed E-state index contributed by atoms with van der Waals surface area (Å²) in [6, 6.07) is 9.64. The molecule has 244 valence electrons. The highest BCUT2D eigenvalue weighted by atomic mass is 19.1. The van der Waals surface area contributed by atoms with Gasteiger partial charge in [0, 0.05) is 57.1 Å². The van der Waals surface area contributed by atoms with Gasteiger partial charge in [0.2, 0.25) is 10.9 Å². The molecule has 0 spiro atoms. The fraction of sp³-hybridized carbons (Fsp3) is 0.265. The number of aromatic hydroxyl groups is 2. The minimum absolute atomic E-state index is 0.000849. The van der Waals surface area contributed by atoms with Crippen LogP contribution in [-0.4, -0.2) is 69.6 Å². The van der Waals surface area contributed by atoms with E-state index in [1.165, 1.54) is 35.1 Å². The largest absolute Gasteiger partial charge is 0.508 e. The Morgan fingerprint density at radius 3 is 2.49 bits per heavy atom. The lowest BCUT2D eigenvalue weighted by Crippen LogP contribution is -2.53. The molecule has 2 aromatic heterocycles. The number of carbonyl (C=O) groups is 1. The SMILES string of the molecule is CCn1cc(C(=O)O)c(=O)c2cc(F)c(N3CCN(CCOc4cc(O)c5c(=O)c(-c6ccc(O)cc6)coc5c4)C(C)C3)c(F)c21. The number of anilines is 1. The number of hydrogen-bond acceptors (Lipinski definition) is 9. The number of carboxylic acid groups (broad SMARTS) is 1. The number of pyridine rings is 1. The molecule has 3 N–H and O–H groups in total.